The van der Waals surface area contributed by atoms with E-state index in [1.807, 2.05) is 0 Å². The molecule has 0 radical (unpaired) electrons. The van der Waals surface area contributed by atoms with Crippen molar-refractivity contribution in [1.29, 1.82) is 0 Å². The number of hydrogen-bond acceptors (Lipinski definition) is 1. The molecule has 1 aromatic carbocycles. The van der Waals surface area contributed by atoms with Gasteiger partial charge in [0.25, 0.3) is 0 Å². The minimum Gasteiger partial charge on any atom is -0.382 e. The molecule has 1 N–H and O–H groups in total. The van der Waals surface area contributed by atoms with Crippen LogP contribution in [0.2, 0.25) is 0 Å². The molecule has 0 atom stereocenters. The molecule has 1 aliphatic rings. The van der Waals surface area contributed by atoms with Gasteiger partial charge in [0.05, 0.1) is 10.2 Å². The molecule has 0 amide bonds. The second kappa shape index (κ2) is 2.69. The van der Waals surface area contributed by atoms with Gasteiger partial charge in [0.15, 0.2) is 5.82 Å². The number of anilines is 1. The van der Waals surface area contributed by atoms with Gasteiger partial charge in [-0.3, -0.25) is 0 Å². The van der Waals surface area contributed by atoms with Gasteiger partial charge in [0, 0.05) is 12.1 Å². The Bertz CT molecular complexity index is 338. The van der Waals surface area contributed by atoms with Gasteiger partial charge in [0.1, 0.15) is 5.82 Å². The summed E-state index contributed by atoms with van der Waals surface area (Å²) in [6, 6.07) is 1.17. The Balaban J connectivity index is 2.69. The minimum absolute atomic E-state index is 0.174. The summed E-state index contributed by atoms with van der Waals surface area (Å²) in [5, 5.41) is 2.81. The molecule has 1 aliphatic heterocycles. The summed E-state index contributed by atoms with van der Waals surface area (Å²) in [4.78, 5) is 0. The molecule has 1 aromatic rings. The van der Waals surface area contributed by atoms with Crippen LogP contribution in [0.25, 0.3) is 0 Å². The van der Waals surface area contributed by atoms with Crippen LogP contribution in [0.4, 0.5) is 14.5 Å². The maximum absolute atomic E-state index is 13.2. The Morgan fingerprint density at radius 2 is 2.17 bits per heavy atom. The number of halogens is 3. The second-order valence-electron chi connectivity index (χ2n) is 2.68. The lowest BCUT2D eigenvalue weighted by atomic mass is 10.1. The Kier molecular flexibility index (Phi) is 1.79. The molecule has 1 nitrogen and oxygen atoms in total. The van der Waals surface area contributed by atoms with Gasteiger partial charge in [-0.1, -0.05) is 0 Å². The molecular formula is C8H6BrF2N. The van der Waals surface area contributed by atoms with Crippen molar-refractivity contribution in [2.75, 3.05) is 11.9 Å². The fourth-order valence-electron chi connectivity index (χ4n) is 1.37. The smallest absolute Gasteiger partial charge is 0.160 e. The predicted octanol–water partition coefficient (Wildman–Crippen LogP) is 2.70. The maximum atomic E-state index is 13.2. The Morgan fingerprint density at radius 3 is 2.92 bits per heavy atom. The molecule has 0 spiro atoms. The molecule has 0 fully saturated rings. The molecule has 12 heavy (non-hydrogen) atoms. The molecule has 1 heterocycles. The van der Waals surface area contributed by atoms with Crippen LogP contribution in [-0.2, 0) is 6.42 Å². The minimum atomic E-state index is -0.399. The first-order chi connectivity index (χ1) is 5.70. The lowest BCUT2D eigenvalue weighted by Crippen LogP contribution is -1.94. The SMILES string of the molecule is Fc1cc(Br)c(F)c2c1CCN2. The molecule has 4 heteroatoms. The highest BCUT2D eigenvalue weighted by Crippen LogP contribution is 2.32. The molecule has 0 aromatic heterocycles. The summed E-state index contributed by atoms with van der Waals surface area (Å²) in [5.74, 6) is -0.743. The zero-order valence-corrected chi connectivity index (χ0v) is 7.71. The predicted molar refractivity (Wildman–Crippen MR) is 46.3 cm³/mol. The fraction of sp³-hybridized carbons (Fsp3) is 0.250. The van der Waals surface area contributed by atoms with E-state index in [2.05, 4.69) is 21.2 Å². The van der Waals surface area contributed by atoms with E-state index in [1.165, 1.54) is 6.07 Å². The Morgan fingerprint density at radius 1 is 1.42 bits per heavy atom. The van der Waals surface area contributed by atoms with Crippen LogP contribution in [0.3, 0.4) is 0 Å². The summed E-state index contributed by atoms with van der Waals surface area (Å²) < 4.78 is 26.5. The number of rotatable bonds is 0. The van der Waals surface area contributed by atoms with Gasteiger partial charge in [-0.25, -0.2) is 8.78 Å². The van der Waals surface area contributed by atoms with E-state index in [1.54, 1.807) is 0 Å². The standard InChI is InChI=1S/C8H6BrF2N/c9-5-3-6(10)4-1-2-12-8(4)7(5)11/h3,12H,1-2H2. The first-order valence-electron chi connectivity index (χ1n) is 3.60. The van der Waals surface area contributed by atoms with Crippen LogP contribution < -0.4 is 5.32 Å². The highest BCUT2D eigenvalue weighted by molar-refractivity contribution is 9.10. The molecule has 0 saturated heterocycles. The van der Waals surface area contributed by atoms with E-state index in [0.29, 0.717) is 24.2 Å². The van der Waals surface area contributed by atoms with Gasteiger partial charge < -0.3 is 5.32 Å². The zero-order chi connectivity index (χ0) is 8.72. The largest absolute Gasteiger partial charge is 0.382 e. The van der Waals surface area contributed by atoms with E-state index >= 15 is 0 Å². The Labute approximate surface area is 76.9 Å². The topological polar surface area (TPSA) is 12.0 Å². The van der Waals surface area contributed by atoms with Crippen molar-refractivity contribution in [1.82, 2.24) is 0 Å². The van der Waals surface area contributed by atoms with Gasteiger partial charge >= 0.3 is 0 Å². The molecular weight excluding hydrogens is 228 g/mol. The lowest BCUT2D eigenvalue weighted by Gasteiger charge is -2.03. The van der Waals surface area contributed by atoms with E-state index in [-0.39, 0.29) is 10.3 Å². The highest BCUT2D eigenvalue weighted by Gasteiger charge is 2.20. The van der Waals surface area contributed by atoms with Crippen molar-refractivity contribution in [2.24, 2.45) is 0 Å². The van der Waals surface area contributed by atoms with Crippen molar-refractivity contribution < 1.29 is 8.78 Å². The number of fused-ring (bicyclic) bond motifs is 1. The monoisotopic (exact) mass is 233 g/mol. The van der Waals surface area contributed by atoms with Crippen LogP contribution in [0, 0.1) is 11.6 Å². The third-order valence-corrected chi connectivity index (χ3v) is 2.53. The first-order valence-corrected chi connectivity index (χ1v) is 4.39. The number of nitrogens with one attached hydrogen (secondary N) is 1. The summed E-state index contributed by atoms with van der Waals surface area (Å²) >= 11 is 2.94. The van der Waals surface area contributed by atoms with Crippen LogP contribution in [-0.4, -0.2) is 6.54 Å². The van der Waals surface area contributed by atoms with Crippen molar-refractivity contribution in [2.45, 2.75) is 6.42 Å². The van der Waals surface area contributed by atoms with Crippen molar-refractivity contribution in [3.8, 4) is 0 Å². The van der Waals surface area contributed by atoms with Crippen LogP contribution in [0.15, 0.2) is 10.5 Å². The van der Waals surface area contributed by atoms with Crippen molar-refractivity contribution in [3.63, 3.8) is 0 Å². The molecule has 0 saturated carbocycles. The summed E-state index contributed by atoms with van der Waals surface area (Å²) in [7, 11) is 0. The second-order valence-corrected chi connectivity index (χ2v) is 3.54. The first kappa shape index (κ1) is 7.98. The molecule has 0 aliphatic carbocycles. The number of benzene rings is 1. The molecule has 2 rings (SSSR count). The van der Waals surface area contributed by atoms with Gasteiger partial charge in [0.2, 0.25) is 0 Å². The Hall–Kier alpha value is -0.640. The summed E-state index contributed by atoms with van der Waals surface area (Å²) in [6.45, 7) is 0.611. The quantitative estimate of drug-likeness (QED) is 0.680. The average Bonchev–Trinajstić information content (AvgIpc) is 2.48. The number of hydrogen-bond donors (Lipinski definition) is 1. The van der Waals surface area contributed by atoms with Crippen molar-refractivity contribution >= 4 is 21.6 Å². The van der Waals surface area contributed by atoms with Crippen LogP contribution >= 0.6 is 15.9 Å². The highest BCUT2D eigenvalue weighted by atomic mass is 79.9. The third-order valence-electron chi connectivity index (χ3n) is 1.95. The van der Waals surface area contributed by atoms with E-state index < -0.39 is 5.82 Å². The molecule has 64 valence electrons. The summed E-state index contributed by atoms with van der Waals surface area (Å²) in [6.07, 6.45) is 0.561. The van der Waals surface area contributed by atoms with Gasteiger partial charge in [-0.05, 0) is 28.4 Å². The van der Waals surface area contributed by atoms with Gasteiger partial charge in [-0.15, -0.1) is 0 Å². The van der Waals surface area contributed by atoms with E-state index in [0.717, 1.165) is 0 Å². The van der Waals surface area contributed by atoms with E-state index in [9.17, 15) is 8.78 Å². The van der Waals surface area contributed by atoms with Crippen LogP contribution in [0.1, 0.15) is 5.56 Å². The van der Waals surface area contributed by atoms with Crippen molar-refractivity contribution in [3.05, 3.63) is 27.7 Å². The zero-order valence-electron chi connectivity index (χ0n) is 6.13. The third kappa shape index (κ3) is 1.02. The molecule has 0 bridgehead atoms. The molecule has 0 unspecified atom stereocenters. The van der Waals surface area contributed by atoms with Gasteiger partial charge in [-0.2, -0.15) is 0 Å². The van der Waals surface area contributed by atoms with E-state index in [4.69, 9.17) is 0 Å². The normalized spacial score (nSPS) is 14.2. The average molecular weight is 234 g/mol. The fourth-order valence-corrected chi connectivity index (χ4v) is 1.77. The lowest BCUT2D eigenvalue weighted by molar-refractivity contribution is 0.591. The van der Waals surface area contributed by atoms with Crippen LogP contribution in [0.5, 0.6) is 0 Å². The summed E-state index contributed by atoms with van der Waals surface area (Å²) in [5.41, 5.74) is 0.762. The maximum Gasteiger partial charge on any atom is 0.160 e.